The summed E-state index contributed by atoms with van der Waals surface area (Å²) in [6.45, 7) is 4.71. The monoisotopic (exact) mass is 831 g/mol. The van der Waals surface area contributed by atoms with Gasteiger partial charge in [-0.3, -0.25) is 0 Å². The second-order valence-corrected chi connectivity index (χ2v) is 17.6. The molecule has 3 aromatic heterocycles. The molecule has 0 N–H and O–H groups in total. The van der Waals surface area contributed by atoms with Crippen molar-refractivity contribution in [3.05, 3.63) is 223 Å². The van der Waals surface area contributed by atoms with E-state index in [9.17, 15) is 0 Å². The molecule has 0 saturated heterocycles. The van der Waals surface area contributed by atoms with Gasteiger partial charge < -0.3 is 9.13 Å². The van der Waals surface area contributed by atoms with Gasteiger partial charge in [0.1, 0.15) is 0 Å². The first-order valence-electron chi connectivity index (χ1n) is 22.3. The van der Waals surface area contributed by atoms with Crippen molar-refractivity contribution >= 4 is 43.6 Å². The van der Waals surface area contributed by atoms with Gasteiger partial charge in [0, 0.05) is 49.3 Å². The van der Waals surface area contributed by atoms with Gasteiger partial charge >= 0.3 is 0 Å². The van der Waals surface area contributed by atoms with Gasteiger partial charge in [-0.2, -0.15) is 0 Å². The third kappa shape index (κ3) is 5.68. The summed E-state index contributed by atoms with van der Waals surface area (Å²) in [5, 5.41) is 4.81. The SMILES string of the molecule is CC1(C)c2ccccc2-c2cc3c4ccccc4n(-c4ccc(-c5cccc6c5c5ccccc5n6-c5ccccc5)cc4-c4nc(-c5ccccc5)nc(-c5ccccc5)n4)c3cc21. The van der Waals surface area contributed by atoms with Crippen LogP contribution in [0.5, 0.6) is 0 Å². The Labute approximate surface area is 376 Å². The molecular weight excluding hydrogens is 791 g/mol. The molecule has 3 heterocycles. The Morgan fingerprint density at radius 1 is 0.338 bits per heavy atom. The summed E-state index contributed by atoms with van der Waals surface area (Å²) in [6.07, 6.45) is 0. The average molecular weight is 832 g/mol. The molecule has 5 heteroatoms. The molecule has 0 atom stereocenters. The highest BCUT2D eigenvalue weighted by molar-refractivity contribution is 6.16. The highest BCUT2D eigenvalue weighted by Gasteiger charge is 2.36. The first-order valence-corrected chi connectivity index (χ1v) is 22.3. The number of rotatable bonds is 6. The van der Waals surface area contributed by atoms with Gasteiger partial charge in [0.15, 0.2) is 17.5 Å². The number of fused-ring (bicyclic) bond motifs is 9. The highest BCUT2D eigenvalue weighted by Crippen LogP contribution is 2.51. The molecule has 12 aromatic rings. The molecule has 5 nitrogen and oxygen atoms in total. The van der Waals surface area contributed by atoms with Crippen LogP contribution in [0.15, 0.2) is 212 Å². The second-order valence-electron chi connectivity index (χ2n) is 17.6. The first-order chi connectivity index (χ1) is 32.0. The summed E-state index contributed by atoms with van der Waals surface area (Å²) >= 11 is 0. The van der Waals surface area contributed by atoms with Crippen molar-refractivity contribution in [2.24, 2.45) is 0 Å². The number of nitrogens with zero attached hydrogens (tertiary/aromatic N) is 5. The standard InChI is InChI=1S/C60H41N5/c1-60(2)49-29-15-12-25-43(49)46-36-47-44-26-13-16-30-51(44)65(55(47)37-50(46)60)53-34-33-40(42-28-18-32-54-56(42)45-27-14-17-31-52(45)64(54)41-23-10-5-11-24-41)35-48(53)59-62-57(38-19-6-3-7-20-38)61-58(63-59)39-21-8-4-9-22-39/h3-37H,1-2H3. The van der Waals surface area contributed by atoms with Crippen LogP contribution in [0.3, 0.4) is 0 Å². The summed E-state index contributed by atoms with van der Waals surface area (Å²) in [6, 6.07) is 76.0. The number of hydrogen-bond acceptors (Lipinski definition) is 3. The van der Waals surface area contributed by atoms with Crippen molar-refractivity contribution in [3.63, 3.8) is 0 Å². The van der Waals surface area contributed by atoms with Gasteiger partial charge in [-0.15, -0.1) is 0 Å². The fourth-order valence-electron chi connectivity index (χ4n) is 10.5. The van der Waals surface area contributed by atoms with Crippen molar-refractivity contribution in [1.29, 1.82) is 0 Å². The minimum absolute atomic E-state index is 0.172. The molecule has 0 radical (unpaired) electrons. The third-order valence-electron chi connectivity index (χ3n) is 13.6. The fourth-order valence-corrected chi connectivity index (χ4v) is 10.5. The lowest BCUT2D eigenvalue weighted by Gasteiger charge is -2.22. The molecule has 13 rings (SSSR count). The normalized spacial score (nSPS) is 12.9. The highest BCUT2D eigenvalue weighted by atomic mass is 15.1. The van der Waals surface area contributed by atoms with Crippen LogP contribution in [0, 0.1) is 0 Å². The maximum Gasteiger partial charge on any atom is 0.166 e. The summed E-state index contributed by atoms with van der Waals surface area (Å²) in [7, 11) is 0. The molecular formula is C60H41N5. The van der Waals surface area contributed by atoms with Crippen molar-refractivity contribution in [2.75, 3.05) is 0 Å². The van der Waals surface area contributed by atoms with E-state index in [0.29, 0.717) is 17.5 Å². The number of benzene rings is 9. The van der Waals surface area contributed by atoms with Crippen LogP contribution in [0.4, 0.5) is 0 Å². The van der Waals surface area contributed by atoms with Crippen LogP contribution < -0.4 is 0 Å². The van der Waals surface area contributed by atoms with Crippen molar-refractivity contribution in [3.8, 4) is 67.8 Å². The largest absolute Gasteiger partial charge is 0.309 e. The maximum atomic E-state index is 5.39. The molecule has 1 aliphatic rings. The van der Waals surface area contributed by atoms with E-state index in [1.54, 1.807) is 0 Å². The predicted octanol–water partition coefficient (Wildman–Crippen LogP) is 15.0. The molecule has 0 spiro atoms. The minimum atomic E-state index is -0.172. The Bertz CT molecular complexity index is 3790. The van der Waals surface area contributed by atoms with Gasteiger partial charge in [-0.25, -0.2) is 15.0 Å². The summed E-state index contributed by atoms with van der Waals surface area (Å²) < 4.78 is 4.82. The maximum absolute atomic E-state index is 5.39. The van der Waals surface area contributed by atoms with E-state index in [1.165, 1.54) is 49.3 Å². The molecule has 0 saturated carbocycles. The Morgan fingerprint density at radius 3 is 1.63 bits per heavy atom. The van der Waals surface area contributed by atoms with Crippen LogP contribution in [0.25, 0.3) is 111 Å². The summed E-state index contributed by atoms with van der Waals surface area (Å²) in [5.41, 5.74) is 16.8. The van der Waals surface area contributed by atoms with Crippen molar-refractivity contribution < 1.29 is 0 Å². The Hall–Kier alpha value is -8.41. The Kier molecular flexibility index (Phi) is 8.18. The fraction of sp³-hybridized carbons (Fsp3) is 0.0500. The van der Waals surface area contributed by atoms with E-state index in [-0.39, 0.29) is 5.41 Å². The molecule has 0 bridgehead atoms. The van der Waals surface area contributed by atoms with E-state index >= 15 is 0 Å². The first kappa shape index (κ1) is 37.2. The third-order valence-corrected chi connectivity index (χ3v) is 13.6. The topological polar surface area (TPSA) is 48.5 Å². The smallest absolute Gasteiger partial charge is 0.166 e. The van der Waals surface area contributed by atoms with E-state index in [1.807, 2.05) is 36.4 Å². The van der Waals surface area contributed by atoms with Gasteiger partial charge in [-0.1, -0.05) is 172 Å². The van der Waals surface area contributed by atoms with Crippen molar-refractivity contribution in [2.45, 2.75) is 19.3 Å². The number of hydrogen-bond donors (Lipinski definition) is 0. The van der Waals surface area contributed by atoms with Crippen molar-refractivity contribution in [1.82, 2.24) is 24.1 Å². The van der Waals surface area contributed by atoms with E-state index in [2.05, 4.69) is 199 Å². The lowest BCUT2D eigenvalue weighted by atomic mass is 9.82. The number of para-hydroxylation sites is 3. The molecule has 1 aliphatic carbocycles. The lowest BCUT2D eigenvalue weighted by Crippen LogP contribution is -2.15. The molecule has 0 amide bonds. The number of aromatic nitrogens is 5. The predicted molar refractivity (Wildman–Crippen MR) is 268 cm³/mol. The molecule has 0 aliphatic heterocycles. The van der Waals surface area contributed by atoms with E-state index in [0.717, 1.165) is 55.7 Å². The van der Waals surface area contributed by atoms with Crippen LogP contribution in [0.2, 0.25) is 0 Å². The quantitative estimate of drug-likeness (QED) is 0.168. The van der Waals surface area contributed by atoms with Gasteiger partial charge in [-0.05, 0) is 88.0 Å². The molecule has 9 aromatic carbocycles. The zero-order chi connectivity index (χ0) is 43.2. The Morgan fingerprint density at radius 2 is 0.908 bits per heavy atom. The lowest BCUT2D eigenvalue weighted by molar-refractivity contribution is 0.661. The van der Waals surface area contributed by atoms with E-state index < -0.39 is 0 Å². The van der Waals surface area contributed by atoms with Gasteiger partial charge in [0.2, 0.25) is 0 Å². The zero-order valence-corrected chi connectivity index (χ0v) is 35.9. The summed E-state index contributed by atoms with van der Waals surface area (Å²) in [4.78, 5) is 15.9. The van der Waals surface area contributed by atoms with Crippen LogP contribution >= 0.6 is 0 Å². The van der Waals surface area contributed by atoms with Gasteiger partial charge in [0.05, 0.1) is 27.8 Å². The second kappa shape index (κ2) is 14.3. The van der Waals surface area contributed by atoms with Gasteiger partial charge in [0.25, 0.3) is 0 Å². The van der Waals surface area contributed by atoms with Crippen LogP contribution in [-0.2, 0) is 5.41 Å². The zero-order valence-electron chi connectivity index (χ0n) is 35.9. The molecule has 0 unspecified atom stereocenters. The van der Waals surface area contributed by atoms with Crippen LogP contribution in [0.1, 0.15) is 25.0 Å². The van der Waals surface area contributed by atoms with Crippen LogP contribution in [-0.4, -0.2) is 24.1 Å². The molecule has 306 valence electrons. The Balaban J connectivity index is 1.13. The molecule has 0 fully saturated rings. The molecule has 65 heavy (non-hydrogen) atoms. The minimum Gasteiger partial charge on any atom is -0.309 e. The summed E-state index contributed by atoms with van der Waals surface area (Å²) in [5.74, 6) is 1.85. The van der Waals surface area contributed by atoms with E-state index in [4.69, 9.17) is 15.0 Å². The average Bonchev–Trinajstić information content (AvgIpc) is 3.96.